The Hall–Kier alpha value is -2.54. The third-order valence-corrected chi connectivity index (χ3v) is 4.13. The number of nitrogens with zero attached hydrogens (tertiary/aromatic N) is 2. The van der Waals surface area contributed by atoms with Crippen molar-refractivity contribution in [2.75, 3.05) is 13.2 Å². The minimum absolute atomic E-state index is 0.193. The summed E-state index contributed by atoms with van der Waals surface area (Å²) in [6, 6.07) is 6.31. The van der Waals surface area contributed by atoms with E-state index in [2.05, 4.69) is 10.4 Å². The summed E-state index contributed by atoms with van der Waals surface area (Å²) in [6.45, 7) is 3.78. The molecule has 0 saturated carbocycles. The Morgan fingerprint density at radius 3 is 2.92 bits per heavy atom. The molecule has 1 aliphatic rings. The molecule has 8 heteroatoms. The minimum atomic E-state index is -0.363. The number of ether oxygens (including phenoxy) is 2. The van der Waals surface area contributed by atoms with Crippen LogP contribution in [0, 0.1) is 0 Å². The molecule has 1 aromatic carbocycles. The lowest BCUT2D eigenvalue weighted by molar-refractivity contribution is 0.0943. The summed E-state index contributed by atoms with van der Waals surface area (Å²) in [7, 11) is 0. The van der Waals surface area contributed by atoms with E-state index < -0.39 is 0 Å². The molecular formula is C18H20ClN3O4. The number of rotatable bonds is 5. The van der Waals surface area contributed by atoms with Crippen LogP contribution in [0.5, 0.6) is 11.5 Å². The Balaban J connectivity index is 1.72. The molecule has 0 atom stereocenters. The van der Waals surface area contributed by atoms with Gasteiger partial charge in [-0.3, -0.25) is 9.59 Å². The third kappa shape index (κ3) is 4.16. The van der Waals surface area contributed by atoms with Crippen LogP contribution in [0.2, 0.25) is 5.02 Å². The molecule has 3 rings (SSSR count). The SMILES string of the molecule is CCCn1nc(C(=O)NCc2cc(Cl)c3c(c2)OCCCO3)ccc1=O. The quantitative estimate of drug-likeness (QED) is 0.865. The van der Waals surface area contributed by atoms with Crippen LogP contribution in [0.15, 0.2) is 29.1 Å². The van der Waals surface area contributed by atoms with Crippen molar-refractivity contribution in [3.8, 4) is 11.5 Å². The fourth-order valence-corrected chi connectivity index (χ4v) is 2.89. The predicted octanol–water partition coefficient (Wildman–Crippen LogP) is 2.40. The third-order valence-electron chi connectivity index (χ3n) is 3.85. The van der Waals surface area contributed by atoms with Gasteiger partial charge >= 0.3 is 0 Å². The number of aryl methyl sites for hydroxylation is 1. The van der Waals surface area contributed by atoms with Crippen molar-refractivity contribution in [3.05, 3.63) is 50.9 Å². The molecule has 0 saturated heterocycles. The number of carbonyl (C=O) groups is 1. The van der Waals surface area contributed by atoms with Gasteiger partial charge in [0.05, 0.1) is 18.2 Å². The Kier molecular flexibility index (Phi) is 5.78. The van der Waals surface area contributed by atoms with Gasteiger partial charge in [-0.15, -0.1) is 0 Å². The summed E-state index contributed by atoms with van der Waals surface area (Å²) in [4.78, 5) is 24.0. The van der Waals surface area contributed by atoms with Gasteiger partial charge in [-0.25, -0.2) is 4.68 Å². The van der Waals surface area contributed by atoms with E-state index >= 15 is 0 Å². The zero-order valence-electron chi connectivity index (χ0n) is 14.5. The monoisotopic (exact) mass is 377 g/mol. The molecule has 0 fully saturated rings. The Bertz CT molecular complexity index is 866. The van der Waals surface area contributed by atoms with Crippen molar-refractivity contribution in [1.82, 2.24) is 15.1 Å². The highest BCUT2D eigenvalue weighted by atomic mass is 35.5. The van der Waals surface area contributed by atoms with Gasteiger partial charge in [-0.05, 0) is 30.2 Å². The van der Waals surface area contributed by atoms with Crippen molar-refractivity contribution in [2.45, 2.75) is 32.9 Å². The van der Waals surface area contributed by atoms with Crippen LogP contribution < -0.4 is 20.3 Å². The van der Waals surface area contributed by atoms with Crippen molar-refractivity contribution >= 4 is 17.5 Å². The first-order chi connectivity index (χ1) is 12.6. The average molecular weight is 378 g/mol. The molecule has 2 heterocycles. The Morgan fingerprint density at radius 1 is 1.31 bits per heavy atom. The topological polar surface area (TPSA) is 82.5 Å². The van der Waals surface area contributed by atoms with E-state index in [9.17, 15) is 9.59 Å². The van der Waals surface area contributed by atoms with E-state index in [1.54, 1.807) is 12.1 Å². The van der Waals surface area contributed by atoms with E-state index in [4.69, 9.17) is 21.1 Å². The molecule has 0 spiro atoms. The highest BCUT2D eigenvalue weighted by molar-refractivity contribution is 6.32. The predicted molar refractivity (Wildman–Crippen MR) is 97.0 cm³/mol. The van der Waals surface area contributed by atoms with E-state index in [1.165, 1.54) is 16.8 Å². The van der Waals surface area contributed by atoms with Gasteiger partial charge in [0.1, 0.15) is 5.69 Å². The lowest BCUT2D eigenvalue weighted by Crippen LogP contribution is -2.29. The number of amides is 1. The van der Waals surface area contributed by atoms with Gasteiger partial charge in [0.25, 0.3) is 11.5 Å². The van der Waals surface area contributed by atoms with Crippen LogP contribution in [0.25, 0.3) is 0 Å². The first-order valence-electron chi connectivity index (χ1n) is 8.53. The van der Waals surface area contributed by atoms with Crippen molar-refractivity contribution in [2.24, 2.45) is 0 Å². The molecule has 1 aromatic heterocycles. The van der Waals surface area contributed by atoms with Gasteiger partial charge in [0.2, 0.25) is 0 Å². The second-order valence-electron chi connectivity index (χ2n) is 5.92. The first-order valence-corrected chi connectivity index (χ1v) is 8.90. The Labute approximate surface area is 155 Å². The minimum Gasteiger partial charge on any atom is -0.489 e. The molecule has 0 unspecified atom stereocenters. The number of nitrogens with one attached hydrogen (secondary N) is 1. The average Bonchev–Trinajstić information content (AvgIpc) is 2.87. The molecule has 1 amide bonds. The first kappa shape index (κ1) is 18.3. The van der Waals surface area contributed by atoms with Gasteiger partial charge in [0.15, 0.2) is 11.5 Å². The number of hydrogen-bond donors (Lipinski definition) is 1. The summed E-state index contributed by atoms with van der Waals surface area (Å²) in [6.07, 6.45) is 1.55. The lowest BCUT2D eigenvalue weighted by Gasteiger charge is -2.12. The number of carbonyl (C=O) groups excluding carboxylic acids is 1. The van der Waals surface area contributed by atoms with E-state index in [-0.39, 0.29) is 23.7 Å². The molecule has 0 bridgehead atoms. The molecule has 7 nitrogen and oxygen atoms in total. The fourth-order valence-electron chi connectivity index (χ4n) is 2.60. The van der Waals surface area contributed by atoms with Crippen molar-refractivity contribution in [1.29, 1.82) is 0 Å². The largest absolute Gasteiger partial charge is 0.489 e. The number of halogens is 1. The summed E-state index contributed by atoms with van der Waals surface area (Å²) in [5.74, 6) is 0.750. The van der Waals surface area contributed by atoms with Crippen LogP contribution in [0.1, 0.15) is 35.8 Å². The number of benzene rings is 1. The summed E-state index contributed by atoms with van der Waals surface area (Å²) in [5.41, 5.74) is 0.756. The van der Waals surface area contributed by atoms with Crippen LogP contribution in [0.3, 0.4) is 0 Å². The summed E-state index contributed by atoms with van der Waals surface area (Å²) in [5, 5.41) is 7.33. The molecule has 1 N–H and O–H groups in total. The maximum Gasteiger partial charge on any atom is 0.271 e. The van der Waals surface area contributed by atoms with Crippen LogP contribution >= 0.6 is 11.6 Å². The molecule has 0 aliphatic carbocycles. The molecule has 26 heavy (non-hydrogen) atoms. The van der Waals surface area contributed by atoms with Crippen LogP contribution in [0.4, 0.5) is 0 Å². The van der Waals surface area contributed by atoms with E-state index in [0.29, 0.717) is 36.3 Å². The highest BCUT2D eigenvalue weighted by Crippen LogP contribution is 2.37. The lowest BCUT2D eigenvalue weighted by atomic mass is 10.2. The summed E-state index contributed by atoms with van der Waals surface area (Å²) < 4.78 is 12.5. The van der Waals surface area contributed by atoms with Gasteiger partial charge in [-0.1, -0.05) is 18.5 Å². The molecule has 0 radical (unpaired) electrons. The second kappa shape index (κ2) is 8.23. The van der Waals surface area contributed by atoms with Crippen LogP contribution in [-0.4, -0.2) is 28.9 Å². The van der Waals surface area contributed by atoms with Gasteiger partial charge in [0, 0.05) is 25.6 Å². The van der Waals surface area contributed by atoms with Crippen molar-refractivity contribution in [3.63, 3.8) is 0 Å². The highest BCUT2D eigenvalue weighted by Gasteiger charge is 2.16. The zero-order chi connectivity index (χ0) is 18.5. The summed E-state index contributed by atoms with van der Waals surface area (Å²) >= 11 is 6.26. The maximum absolute atomic E-state index is 12.3. The van der Waals surface area contributed by atoms with Gasteiger partial charge < -0.3 is 14.8 Å². The molecule has 2 aromatic rings. The van der Waals surface area contributed by atoms with Gasteiger partial charge in [-0.2, -0.15) is 5.10 Å². The number of fused-ring (bicyclic) bond motifs is 1. The molecule has 138 valence electrons. The normalized spacial score (nSPS) is 13.2. The zero-order valence-corrected chi connectivity index (χ0v) is 15.2. The number of aromatic nitrogens is 2. The van der Waals surface area contributed by atoms with Crippen molar-refractivity contribution < 1.29 is 14.3 Å². The van der Waals surface area contributed by atoms with E-state index in [1.807, 2.05) is 6.92 Å². The van der Waals surface area contributed by atoms with Crippen LogP contribution in [-0.2, 0) is 13.1 Å². The Morgan fingerprint density at radius 2 is 2.12 bits per heavy atom. The maximum atomic E-state index is 12.3. The fraction of sp³-hybridized carbons (Fsp3) is 0.389. The standard InChI is InChI=1S/C18H20ClN3O4/c1-2-6-22-16(23)5-4-14(21-22)18(24)20-11-12-9-13(19)17-15(10-12)25-7-3-8-26-17/h4-5,9-10H,2-3,6-8,11H2,1H3,(H,20,24). The smallest absolute Gasteiger partial charge is 0.271 e. The van der Waals surface area contributed by atoms with E-state index in [0.717, 1.165) is 18.4 Å². The number of hydrogen-bond acceptors (Lipinski definition) is 5. The molecule has 1 aliphatic heterocycles. The molecular weight excluding hydrogens is 358 g/mol. The second-order valence-corrected chi connectivity index (χ2v) is 6.33.